The maximum atomic E-state index is 6.81. The van der Waals surface area contributed by atoms with Gasteiger partial charge in [-0.1, -0.05) is 109 Å². The van der Waals surface area contributed by atoms with Crippen LogP contribution in [0.2, 0.25) is 0 Å². The fraction of sp³-hybridized carbons (Fsp3) is 0. The fourth-order valence-corrected chi connectivity index (χ4v) is 12.4. The zero-order chi connectivity index (χ0) is 32.4. The van der Waals surface area contributed by atoms with E-state index < -0.39 is 8.07 Å². The van der Waals surface area contributed by atoms with Crippen LogP contribution < -0.4 is 30.2 Å². The van der Waals surface area contributed by atoms with Crippen LogP contribution in [-0.2, 0) is 0 Å². The van der Waals surface area contributed by atoms with Crippen molar-refractivity contribution < 1.29 is 9.47 Å². The van der Waals surface area contributed by atoms with Crippen molar-refractivity contribution in [3.8, 4) is 28.8 Å². The Labute approximate surface area is 283 Å². The minimum atomic E-state index is -3.10. The molecule has 0 unspecified atom stereocenters. The highest BCUT2D eigenvalue weighted by Crippen LogP contribution is 2.44. The molecule has 0 bridgehead atoms. The summed E-state index contributed by atoms with van der Waals surface area (Å²) in [6.45, 7) is 0. The Kier molecular flexibility index (Phi) is 6.09. The number of ether oxygens (including phenoxy) is 2. The Hall–Kier alpha value is -6.44. The number of nitrogens with zero attached hydrogens (tertiary/aromatic N) is 4. The summed E-state index contributed by atoms with van der Waals surface area (Å²) in [5.74, 6) is 4.48. The van der Waals surface area contributed by atoms with Crippen molar-refractivity contribution in [3.05, 3.63) is 170 Å². The van der Waals surface area contributed by atoms with Crippen LogP contribution in [0.5, 0.6) is 23.0 Å². The lowest BCUT2D eigenvalue weighted by Gasteiger charge is -2.36. The van der Waals surface area contributed by atoms with Crippen LogP contribution in [0.25, 0.3) is 33.7 Å². The lowest BCUT2D eigenvalue weighted by Crippen LogP contribution is -2.75. The first kappa shape index (κ1) is 27.6. The van der Waals surface area contributed by atoms with E-state index in [9.17, 15) is 0 Å². The van der Waals surface area contributed by atoms with Gasteiger partial charge in [0.05, 0.1) is 22.1 Å². The molecule has 0 saturated heterocycles. The number of aromatic nitrogens is 4. The van der Waals surface area contributed by atoms with Crippen LogP contribution in [0.3, 0.4) is 0 Å². The third-order valence-corrected chi connectivity index (χ3v) is 14.4. The lowest BCUT2D eigenvalue weighted by molar-refractivity contribution is 0.362. The third kappa shape index (κ3) is 4.06. The van der Waals surface area contributed by atoms with Gasteiger partial charge in [0.25, 0.3) is 0 Å². The third-order valence-electron chi connectivity index (χ3n) is 9.59. The predicted octanol–water partition coefficient (Wildman–Crippen LogP) is 7.10. The van der Waals surface area contributed by atoms with Gasteiger partial charge in [0.1, 0.15) is 5.82 Å². The molecule has 0 aliphatic carbocycles. The van der Waals surface area contributed by atoms with Crippen LogP contribution >= 0.6 is 0 Å². The number of fused-ring (bicyclic) bond motifs is 7. The molecule has 0 amide bonds. The van der Waals surface area contributed by atoms with Gasteiger partial charge in [-0.05, 0) is 70.2 Å². The second kappa shape index (κ2) is 10.8. The number of hydrogen-bond donors (Lipinski definition) is 0. The average Bonchev–Trinajstić information content (AvgIpc) is 3.70. The highest BCUT2D eigenvalue weighted by molar-refractivity contribution is 7.20. The largest absolute Gasteiger partial charge is 0.450 e. The molecule has 9 aromatic rings. The van der Waals surface area contributed by atoms with Gasteiger partial charge in [-0.25, -0.2) is 9.97 Å². The van der Waals surface area contributed by atoms with Crippen molar-refractivity contribution in [2.24, 2.45) is 0 Å². The number of imidazole rings is 2. The van der Waals surface area contributed by atoms with Gasteiger partial charge < -0.3 is 9.47 Å². The Bertz CT molecular complexity index is 2640. The molecule has 0 fully saturated rings. The summed E-state index contributed by atoms with van der Waals surface area (Å²) in [7, 11) is -3.10. The van der Waals surface area contributed by atoms with Crippen molar-refractivity contribution in [2.75, 3.05) is 0 Å². The monoisotopic (exact) mass is 648 g/mol. The molecule has 1 aliphatic rings. The van der Waals surface area contributed by atoms with Crippen LogP contribution in [0.4, 0.5) is 0 Å². The smallest absolute Gasteiger partial charge is 0.221 e. The highest BCUT2D eigenvalue weighted by Gasteiger charge is 2.45. The second-order valence-corrected chi connectivity index (χ2v) is 16.0. The summed E-state index contributed by atoms with van der Waals surface area (Å²) in [6, 6.07) is 57.0. The Balaban J connectivity index is 1.30. The molecule has 0 radical (unpaired) electrons. The number of rotatable bonds is 5. The molecule has 232 valence electrons. The van der Waals surface area contributed by atoms with E-state index in [-0.39, 0.29) is 0 Å². The molecule has 1 aliphatic heterocycles. The maximum absolute atomic E-state index is 6.81. The second-order valence-electron chi connectivity index (χ2n) is 12.2. The van der Waals surface area contributed by atoms with Gasteiger partial charge in [0.2, 0.25) is 5.78 Å². The molecule has 6 nitrogen and oxygen atoms in total. The van der Waals surface area contributed by atoms with E-state index in [2.05, 4.69) is 136 Å². The van der Waals surface area contributed by atoms with Crippen molar-refractivity contribution in [1.29, 1.82) is 0 Å². The molecular weight excluding hydrogens is 621 g/mol. The molecular formula is C42H28N4O2Si. The fourth-order valence-electron chi connectivity index (χ4n) is 7.54. The Morgan fingerprint density at radius 3 is 1.86 bits per heavy atom. The summed E-state index contributed by atoms with van der Waals surface area (Å²) in [5, 5.41) is 4.72. The van der Waals surface area contributed by atoms with E-state index in [1.54, 1.807) is 0 Å². The van der Waals surface area contributed by atoms with E-state index >= 15 is 0 Å². The quantitative estimate of drug-likeness (QED) is 0.148. The first-order valence-corrected chi connectivity index (χ1v) is 18.3. The molecule has 0 N–H and O–H groups in total. The van der Waals surface area contributed by atoms with Crippen LogP contribution in [0.1, 0.15) is 0 Å². The normalized spacial score (nSPS) is 12.4. The summed E-state index contributed by atoms with van der Waals surface area (Å²) in [6.07, 6.45) is 1.94. The van der Waals surface area contributed by atoms with Crippen LogP contribution in [0.15, 0.2) is 170 Å². The lowest BCUT2D eigenvalue weighted by atomic mass is 10.2. The minimum Gasteiger partial charge on any atom is -0.450 e. The van der Waals surface area contributed by atoms with Crippen molar-refractivity contribution in [1.82, 2.24) is 18.9 Å². The van der Waals surface area contributed by atoms with E-state index in [4.69, 9.17) is 19.4 Å². The van der Waals surface area contributed by atoms with Gasteiger partial charge in [-0.15, -0.1) is 0 Å². The molecule has 0 spiro atoms. The van der Waals surface area contributed by atoms with Gasteiger partial charge >= 0.3 is 0 Å². The Morgan fingerprint density at radius 2 is 1.10 bits per heavy atom. The van der Waals surface area contributed by atoms with Crippen LogP contribution in [-0.4, -0.2) is 27.0 Å². The van der Waals surface area contributed by atoms with Gasteiger partial charge in [0.15, 0.2) is 31.1 Å². The van der Waals surface area contributed by atoms with Gasteiger partial charge in [0, 0.05) is 11.4 Å². The standard InChI is InChI=1S/C42H28N4O2Si/c1-3-14-29(15-4-1)49(30-16-5-2-6-17-30,39-25-13-24-38-41(39)48-37-23-12-11-22-36(37)47-38)31-26-27-43-40(28-31)46-35-21-10-9-20-34(35)45-33-19-8-7-18-32(33)44-42(45)46/h1-28H. The summed E-state index contributed by atoms with van der Waals surface area (Å²) in [5.41, 5.74) is 4.12. The molecule has 4 heterocycles. The zero-order valence-corrected chi connectivity index (χ0v) is 27.3. The molecule has 0 saturated carbocycles. The summed E-state index contributed by atoms with van der Waals surface area (Å²) in [4.78, 5) is 10.2. The molecule has 3 aromatic heterocycles. The average molecular weight is 649 g/mol. The number of hydrogen-bond acceptors (Lipinski definition) is 4. The first-order chi connectivity index (χ1) is 24.3. The topological polar surface area (TPSA) is 53.6 Å². The molecule has 49 heavy (non-hydrogen) atoms. The van der Waals surface area contributed by atoms with Crippen molar-refractivity contribution in [2.45, 2.75) is 0 Å². The van der Waals surface area contributed by atoms with Gasteiger partial charge in [-0.3, -0.25) is 8.97 Å². The summed E-state index contributed by atoms with van der Waals surface area (Å²) < 4.78 is 17.7. The van der Waals surface area contributed by atoms with E-state index in [0.717, 1.165) is 49.8 Å². The van der Waals surface area contributed by atoms with E-state index in [1.807, 2.05) is 42.6 Å². The number of para-hydroxylation sites is 7. The zero-order valence-electron chi connectivity index (χ0n) is 26.3. The predicted molar refractivity (Wildman–Crippen MR) is 198 cm³/mol. The molecule has 6 aromatic carbocycles. The summed E-state index contributed by atoms with van der Waals surface area (Å²) >= 11 is 0. The number of benzene rings is 6. The van der Waals surface area contributed by atoms with E-state index in [1.165, 1.54) is 10.4 Å². The SMILES string of the molecule is c1ccc([Si](c2ccccc2)(c2ccnc(-n3c4ccccc4n4c5ccccc5nc34)c2)c2cccc3c2Oc2ccccc2O3)cc1. The van der Waals surface area contributed by atoms with Crippen molar-refractivity contribution in [3.63, 3.8) is 0 Å². The molecule has 10 rings (SSSR count). The number of pyridine rings is 1. The Morgan fingerprint density at radius 1 is 0.490 bits per heavy atom. The van der Waals surface area contributed by atoms with Gasteiger partial charge in [-0.2, -0.15) is 0 Å². The van der Waals surface area contributed by atoms with E-state index in [0.29, 0.717) is 17.2 Å². The minimum absolute atomic E-state index is 0.703. The van der Waals surface area contributed by atoms with Crippen molar-refractivity contribution >= 4 is 56.7 Å². The molecule has 0 atom stereocenters. The van der Waals surface area contributed by atoms with Crippen LogP contribution in [0, 0.1) is 0 Å². The first-order valence-electron chi connectivity index (χ1n) is 16.3. The molecule has 7 heteroatoms. The highest BCUT2D eigenvalue weighted by atomic mass is 28.3. The maximum Gasteiger partial charge on any atom is 0.221 e.